The maximum absolute atomic E-state index is 12.1. The van der Waals surface area contributed by atoms with E-state index >= 15 is 0 Å². The molecule has 0 aromatic heterocycles. The molecular formula is C21H28O3S. The Morgan fingerprint density at radius 3 is 2.40 bits per heavy atom. The van der Waals surface area contributed by atoms with Gasteiger partial charge in [-0.2, -0.15) is 0 Å². The van der Waals surface area contributed by atoms with Crippen LogP contribution in [0.3, 0.4) is 0 Å². The van der Waals surface area contributed by atoms with Crippen LogP contribution in [-0.4, -0.2) is 25.2 Å². The minimum absolute atomic E-state index is 0.231. The first-order valence-electron chi connectivity index (χ1n) is 9.10. The number of hydrogen-bond acceptors (Lipinski definition) is 3. The van der Waals surface area contributed by atoms with E-state index in [0.717, 1.165) is 19.3 Å². The summed E-state index contributed by atoms with van der Waals surface area (Å²) >= 11 is 0. The van der Waals surface area contributed by atoms with Crippen molar-refractivity contribution in [3.63, 3.8) is 0 Å². The number of sulfone groups is 1. The minimum Gasteiger partial charge on any atom is -0.300 e. The second-order valence-corrected chi connectivity index (χ2v) is 9.58. The highest BCUT2D eigenvalue weighted by atomic mass is 32.2. The van der Waals surface area contributed by atoms with Gasteiger partial charge in [0, 0.05) is 12.8 Å². The van der Waals surface area contributed by atoms with Crippen LogP contribution in [0.4, 0.5) is 0 Å². The van der Waals surface area contributed by atoms with Crippen molar-refractivity contribution in [1.82, 2.24) is 0 Å². The second-order valence-electron chi connectivity index (χ2n) is 6.90. The van der Waals surface area contributed by atoms with Crippen molar-refractivity contribution in [2.24, 2.45) is 0 Å². The molecule has 0 unspecified atom stereocenters. The third-order valence-corrected chi connectivity index (χ3v) is 6.95. The first kappa shape index (κ1) is 19.6. The van der Waals surface area contributed by atoms with E-state index in [-0.39, 0.29) is 16.8 Å². The summed E-state index contributed by atoms with van der Waals surface area (Å²) in [6.07, 6.45) is 4.10. The summed E-state index contributed by atoms with van der Waals surface area (Å²) in [7, 11) is -2.95. The summed E-state index contributed by atoms with van der Waals surface area (Å²) in [5.41, 5.74) is 1.22. The van der Waals surface area contributed by atoms with Crippen molar-refractivity contribution in [2.45, 2.75) is 57.6 Å². The van der Waals surface area contributed by atoms with E-state index in [1.807, 2.05) is 18.2 Å². The average Bonchev–Trinajstić information content (AvgIpc) is 2.59. The fraction of sp³-hybridized carbons (Fsp3) is 0.476. The number of hydrogen-bond donors (Lipinski definition) is 0. The molecule has 0 saturated heterocycles. The largest absolute Gasteiger partial charge is 0.300 e. The summed E-state index contributed by atoms with van der Waals surface area (Å²) in [6, 6.07) is 14.5. The van der Waals surface area contributed by atoms with Gasteiger partial charge < -0.3 is 0 Å². The molecule has 0 spiro atoms. The molecule has 0 aliphatic heterocycles. The first-order valence-corrected chi connectivity index (χ1v) is 10.8. The van der Waals surface area contributed by atoms with Crippen LogP contribution in [0.25, 0.3) is 10.8 Å². The van der Waals surface area contributed by atoms with Gasteiger partial charge in [-0.1, -0.05) is 48.9 Å². The Labute approximate surface area is 151 Å². The van der Waals surface area contributed by atoms with E-state index in [9.17, 15) is 13.2 Å². The molecule has 2 aromatic carbocycles. The fourth-order valence-corrected chi connectivity index (χ4v) is 4.03. The number of rotatable bonds is 10. The molecule has 0 amide bonds. The molecule has 4 heteroatoms. The van der Waals surface area contributed by atoms with Crippen LogP contribution in [0.2, 0.25) is 0 Å². The van der Waals surface area contributed by atoms with E-state index in [1.165, 1.54) is 16.3 Å². The Hall–Kier alpha value is -1.68. The van der Waals surface area contributed by atoms with E-state index in [4.69, 9.17) is 0 Å². The summed E-state index contributed by atoms with van der Waals surface area (Å²) in [4.78, 5) is 12.1. The SMILES string of the molecule is CC(C)S(=O)(=O)CCCCCC(=O)CCc1cccc2ccccc12. The lowest BCUT2D eigenvalue weighted by molar-refractivity contribution is -0.119. The summed E-state index contributed by atoms with van der Waals surface area (Å²) in [5, 5.41) is 2.12. The van der Waals surface area contributed by atoms with Crippen LogP contribution < -0.4 is 0 Å². The number of ketones is 1. The van der Waals surface area contributed by atoms with Crippen molar-refractivity contribution in [2.75, 3.05) is 5.75 Å². The smallest absolute Gasteiger partial charge is 0.152 e. The highest BCUT2D eigenvalue weighted by Gasteiger charge is 2.15. The molecule has 0 atom stereocenters. The highest BCUT2D eigenvalue weighted by molar-refractivity contribution is 7.91. The third-order valence-electron chi connectivity index (χ3n) is 4.66. The number of Topliss-reactive ketones (excluding diaryl/α,β-unsaturated/α-hetero) is 1. The highest BCUT2D eigenvalue weighted by Crippen LogP contribution is 2.20. The van der Waals surface area contributed by atoms with Crippen molar-refractivity contribution in [1.29, 1.82) is 0 Å². The molecule has 3 nitrogen and oxygen atoms in total. The van der Waals surface area contributed by atoms with Gasteiger partial charge in [0.05, 0.1) is 11.0 Å². The zero-order valence-corrected chi connectivity index (χ0v) is 16.0. The molecular weight excluding hydrogens is 332 g/mol. The number of fused-ring (bicyclic) bond motifs is 1. The fourth-order valence-electron chi connectivity index (χ4n) is 2.95. The van der Waals surface area contributed by atoms with Gasteiger partial charge in [0.1, 0.15) is 5.78 Å². The van der Waals surface area contributed by atoms with Crippen LogP contribution in [0.15, 0.2) is 42.5 Å². The number of unbranched alkanes of at least 4 members (excludes halogenated alkanes) is 2. The monoisotopic (exact) mass is 360 g/mol. The van der Waals surface area contributed by atoms with E-state index in [1.54, 1.807) is 13.8 Å². The van der Waals surface area contributed by atoms with Crippen molar-refractivity contribution < 1.29 is 13.2 Å². The zero-order chi connectivity index (χ0) is 18.3. The molecule has 0 radical (unpaired) electrons. The van der Waals surface area contributed by atoms with Gasteiger partial charge in [-0.15, -0.1) is 0 Å². The molecule has 2 aromatic rings. The lowest BCUT2D eigenvalue weighted by Gasteiger charge is -2.08. The Kier molecular flexibility index (Phi) is 7.18. The van der Waals surface area contributed by atoms with Gasteiger partial charge in [0.25, 0.3) is 0 Å². The summed E-state index contributed by atoms with van der Waals surface area (Å²) < 4.78 is 23.5. The maximum Gasteiger partial charge on any atom is 0.152 e. The van der Waals surface area contributed by atoms with Crippen LogP contribution in [0.5, 0.6) is 0 Å². The molecule has 0 N–H and O–H groups in total. The predicted molar refractivity (Wildman–Crippen MR) is 105 cm³/mol. The zero-order valence-electron chi connectivity index (χ0n) is 15.2. The summed E-state index contributed by atoms with van der Waals surface area (Å²) in [5.74, 6) is 0.495. The lowest BCUT2D eigenvalue weighted by atomic mass is 9.98. The molecule has 0 fully saturated rings. The van der Waals surface area contributed by atoms with E-state index in [0.29, 0.717) is 19.3 Å². The minimum atomic E-state index is -2.95. The molecule has 0 saturated carbocycles. The molecule has 0 bridgehead atoms. The predicted octanol–water partition coefficient (Wildman–Crippen LogP) is 4.73. The standard InChI is InChI=1S/C21H28O3S/c1-17(2)25(23,24)16-7-3-4-12-20(22)15-14-19-11-8-10-18-9-5-6-13-21(18)19/h5-6,8-11,13,17H,3-4,7,12,14-16H2,1-2H3. The Bertz CT molecular complexity index is 802. The van der Waals surface area contributed by atoms with Crippen molar-refractivity contribution >= 4 is 26.4 Å². The van der Waals surface area contributed by atoms with Gasteiger partial charge in [0.15, 0.2) is 9.84 Å². The first-order chi connectivity index (χ1) is 11.9. The van der Waals surface area contributed by atoms with Crippen molar-refractivity contribution in [3.8, 4) is 0 Å². The van der Waals surface area contributed by atoms with Gasteiger partial charge in [-0.25, -0.2) is 8.42 Å². The number of aryl methyl sites for hydroxylation is 1. The molecule has 136 valence electrons. The average molecular weight is 361 g/mol. The van der Waals surface area contributed by atoms with Crippen LogP contribution in [-0.2, 0) is 21.1 Å². The molecule has 2 rings (SSSR count). The number of carbonyl (C=O) groups excluding carboxylic acids is 1. The van der Waals surface area contributed by atoms with Crippen LogP contribution in [0.1, 0.15) is 51.5 Å². The maximum atomic E-state index is 12.1. The second kappa shape index (κ2) is 9.14. The molecule has 0 heterocycles. The molecule has 0 aliphatic rings. The Balaban J connectivity index is 1.72. The number of carbonyl (C=O) groups is 1. The summed E-state index contributed by atoms with van der Waals surface area (Å²) in [6.45, 7) is 3.43. The van der Waals surface area contributed by atoms with Crippen LogP contribution >= 0.6 is 0 Å². The molecule has 0 aliphatic carbocycles. The van der Waals surface area contributed by atoms with Crippen molar-refractivity contribution in [3.05, 3.63) is 48.0 Å². The van der Waals surface area contributed by atoms with E-state index < -0.39 is 9.84 Å². The van der Waals surface area contributed by atoms with Gasteiger partial charge in [-0.3, -0.25) is 4.79 Å². The van der Waals surface area contributed by atoms with Gasteiger partial charge >= 0.3 is 0 Å². The molecule has 25 heavy (non-hydrogen) atoms. The van der Waals surface area contributed by atoms with E-state index in [2.05, 4.69) is 24.3 Å². The topological polar surface area (TPSA) is 51.2 Å². The normalized spacial score (nSPS) is 12.0. The lowest BCUT2D eigenvalue weighted by Crippen LogP contribution is -2.17. The van der Waals surface area contributed by atoms with Gasteiger partial charge in [0.2, 0.25) is 0 Å². The quantitative estimate of drug-likeness (QED) is 0.576. The Morgan fingerprint density at radius 2 is 1.64 bits per heavy atom. The van der Waals surface area contributed by atoms with Gasteiger partial charge in [-0.05, 0) is 49.4 Å². The third kappa shape index (κ3) is 5.96. The van der Waals surface area contributed by atoms with Crippen LogP contribution in [0, 0.1) is 0 Å². The Morgan fingerprint density at radius 1 is 0.920 bits per heavy atom. The number of benzene rings is 2.